The molecule has 1 heterocycles. The molecule has 3 heteroatoms. The van der Waals surface area contributed by atoms with Crippen molar-refractivity contribution in [2.24, 2.45) is 0 Å². The van der Waals surface area contributed by atoms with Crippen LogP contribution in [0.2, 0.25) is 0 Å². The van der Waals surface area contributed by atoms with Gasteiger partial charge in [0.2, 0.25) is 0 Å². The minimum Gasteiger partial charge on any atom is -0.373 e. The van der Waals surface area contributed by atoms with E-state index >= 15 is 0 Å². The molecule has 0 amide bonds. The largest absolute Gasteiger partial charge is 0.373 e. The van der Waals surface area contributed by atoms with Crippen LogP contribution in [0.5, 0.6) is 0 Å². The van der Waals surface area contributed by atoms with Gasteiger partial charge in [0, 0.05) is 18.8 Å². The third-order valence-electron chi connectivity index (χ3n) is 1.54. The molecule has 0 atom stereocenters. The Balaban J connectivity index is 2.91. The average Bonchev–Trinajstić information content (AvgIpc) is 2.05. The van der Waals surface area contributed by atoms with Crippen LogP contribution in [-0.4, -0.2) is 17.0 Å². The van der Waals surface area contributed by atoms with E-state index in [0.717, 1.165) is 11.5 Å². The van der Waals surface area contributed by atoms with Crippen molar-refractivity contribution in [3.63, 3.8) is 0 Å². The van der Waals surface area contributed by atoms with Gasteiger partial charge >= 0.3 is 0 Å². The van der Waals surface area contributed by atoms with E-state index in [0.29, 0.717) is 5.92 Å². The lowest BCUT2D eigenvalue weighted by Gasteiger charge is -2.04. The van der Waals surface area contributed by atoms with Crippen LogP contribution in [-0.2, 0) is 0 Å². The van der Waals surface area contributed by atoms with Crippen molar-refractivity contribution in [3.8, 4) is 0 Å². The molecule has 11 heavy (non-hydrogen) atoms. The lowest BCUT2D eigenvalue weighted by atomic mass is 10.1. The summed E-state index contributed by atoms with van der Waals surface area (Å²) in [6, 6.07) is 1.96. The SMILES string of the molecule is CNc1cc(C(C)C)ncn1. The maximum atomic E-state index is 4.14. The summed E-state index contributed by atoms with van der Waals surface area (Å²) in [6.07, 6.45) is 1.58. The van der Waals surface area contributed by atoms with Gasteiger partial charge in [-0.15, -0.1) is 0 Å². The third-order valence-corrected chi connectivity index (χ3v) is 1.54. The normalized spacial score (nSPS) is 10.2. The molecule has 0 spiro atoms. The zero-order valence-electron chi connectivity index (χ0n) is 7.13. The van der Waals surface area contributed by atoms with Gasteiger partial charge < -0.3 is 5.32 Å². The van der Waals surface area contributed by atoms with E-state index in [2.05, 4.69) is 29.1 Å². The summed E-state index contributed by atoms with van der Waals surface area (Å²) in [7, 11) is 1.85. The maximum Gasteiger partial charge on any atom is 0.129 e. The second-order valence-electron chi connectivity index (χ2n) is 2.73. The topological polar surface area (TPSA) is 37.8 Å². The zero-order chi connectivity index (χ0) is 8.27. The summed E-state index contributed by atoms with van der Waals surface area (Å²) in [5, 5.41) is 2.97. The standard InChI is InChI=1S/C8H13N3/c1-6(2)7-4-8(9-3)11-5-10-7/h4-6H,1-3H3,(H,9,10,11). The first-order chi connectivity index (χ1) is 5.24. The number of rotatable bonds is 2. The Hall–Kier alpha value is -1.12. The van der Waals surface area contributed by atoms with Crippen molar-refractivity contribution >= 4 is 5.82 Å². The fourth-order valence-corrected chi connectivity index (χ4v) is 0.825. The number of anilines is 1. The summed E-state index contributed by atoms with van der Waals surface area (Å²) in [5.74, 6) is 1.34. The van der Waals surface area contributed by atoms with Crippen LogP contribution < -0.4 is 5.32 Å². The van der Waals surface area contributed by atoms with E-state index < -0.39 is 0 Å². The average molecular weight is 151 g/mol. The first-order valence-corrected chi connectivity index (χ1v) is 3.73. The Morgan fingerprint density at radius 2 is 2.09 bits per heavy atom. The molecule has 1 N–H and O–H groups in total. The fraction of sp³-hybridized carbons (Fsp3) is 0.500. The predicted octanol–water partition coefficient (Wildman–Crippen LogP) is 1.64. The Morgan fingerprint density at radius 3 is 2.64 bits per heavy atom. The van der Waals surface area contributed by atoms with Crippen LogP contribution in [0.3, 0.4) is 0 Å². The molecule has 0 aromatic carbocycles. The lowest BCUT2D eigenvalue weighted by molar-refractivity contribution is 0.815. The molecule has 3 nitrogen and oxygen atoms in total. The highest BCUT2D eigenvalue weighted by Crippen LogP contribution is 2.12. The molecule has 0 unspecified atom stereocenters. The smallest absolute Gasteiger partial charge is 0.129 e. The number of aromatic nitrogens is 2. The molecule has 0 aliphatic rings. The van der Waals surface area contributed by atoms with E-state index in [1.54, 1.807) is 6.33 Å². The molecule has 1 rings (SSSR count). The van der Waals surface area contributed by atoms with Gasteiger partial charge in [0.25, 0.3) is 0 Å². The van der Waals surface area contributed by atoms with Gasteiger partial charge in [-0.05, 0) is 5.92 Å². The van der Waals surface area contributed by atoms with Crippen molar-refractivity contribution in [2.75, 3.05) is 12.4 Å². The Labute approximate surface area is 66.9 Å². The first kappa shape index (κ1) is 7.98. The van der Waals surface area contributed by atoms with E-state index in [4.69, 9.17) is 0 Å². The molecule has 0 fully saturated rings. The first-order valence-electron chi connectivity index (χ1n) is 3.73. The number of nitrogens with zero attached hydrogens (tertiary/aromatic N) is 2. The minimum absolute atomic E-state index is 0.463. The molecule has 0 aliphatic heterocycles. The summed E-state index contributed by atoms with van der Waals surface area (Å²) in [5.41, 5.74) is 1.07. The zero-order valence-corrected chi connectivity index (χ0v) is 7.13. The molecule has 0 radical (unpaired) electrons. The lowest BCUT2D eigenvalue weighted by Crippen LogP contribution is -1.97. The second kappa shape index (κ2) is 3.32. The summed E-state index contributed by atoms with van der Waals surface area (Å²) in [4.78, 5) is 8.15. The highest BCUT2D eigenvalue weighted by atomic mass is 15.0. The van der Waals surface area contributed by atoms with Gasteiger partial charge in [0.15, 0.2) is 0 Å². The third kappa shape index (κ3) is 1.90. The predicted molar refractivity (Wildman–Crippen MR) is 45.7 cm³/mol. The van der Waals surface area contributed by atoms with E-state index in [1.807, 2.05) is 13.1 Å². The van der Waals surface area contributed by atoms with Crippen molar-refractivity contribution in [1.29, 1.82) is 0 Å². The second-order valence-corrected chi connectivity index (χ2v) is 2.73. The van der Waals surface area contributed by atoms with Crippen LogP contribution in [0.25, 0.3) is 0 Å². The van der Waals surface area contributed by atoms with Gasteiger partial charge in [0.05, 0.1) is 0 Å². The quantitative estimate of drug-likeness (QED) is 0.698. The molecule has 0 saturated heterocycles. The van der Waals surface area contributed by atoms with E-state index in [-0.39, 0.29) is 0 Å². The van der Waals surface area contributed by atoms with Crippen LogP contribution >= 0.6 is 0 Å². The van der Waals surface area contributed by atoms with Gasteiger partial charge in [-0.3, -0.25) is 0 Å². The number of nitrogens with one attached hydrogen (secondary N) is 1. The van der Waals surface area contributed by atoms with Crippen molar-refractivity contribution in [2.45, 2.75) is 19.8 Å². The summed E-state index contributed by atoms with van der Waals surface area (Å²) < 4.78 is 0. The van der Waals surface area contributed by atoms with Crippen LogP contribution in [0.4, 0.5) is 5.82 Å². The number of hydrogen-bond donors (Lipinski definition) is 1. The molecule has 60 valence electrons. The Morgan fingerprint density at radius 1 is 1.36 bits per heavy atom. The van der Waals surface area contributed by atoms with E-state index in [1.165, 1.54) is 0 Å². The molecule has 0 saturated carbocycles. The van der Waals surface area contributed by atoms with Gasteiger partial charge in [-0.25, -0.2) is 9.97 Å². The van der Waals surface area contributed by atoms with Crippen molar-refractivity contribution in [3.05, 3.63) is 18.1 Å². The fourth-order valence-electron chi connectivity index (χ4n) is 0.825. The monoisotopic (exact) mass is 151 g/mol. The van der Waals surface area contributed by atoms with Gasteiger partial charge in [0.1, 0.15) is 12.1 Å². The highest BCUT2D eigenvalue weighted by molar-refractivity contribution is 5.34. The molecule has 1 aromatic rings. The van der Waals surface area contributed by atoms with Crippen molar-refractivity contribution in [1.82, 2.24) is 9.97 Å². The molecule has 0 bridgehead atoms. The maximum absolute atomic E-state index is 4.14. The van der Waals surface area contributed by atoms with Crippen LogP contribution in [0, 0.1) is 0 Å². The number of hydrogen-bond acceptors (Lipinski definition) is 3. The van der Waals surface area contributed by atoms with Gasteiger partial charge in [-0.1, -0.05) is 13.8 Å². The van der Waals surface area contributed by atoms with Crippen LogP contribution in [0.1, 0.15) is 25.5 Å². The minimum atomic E-state index is 0.463. The molecular weight excluding hydrogens is 138 g/mol. The molecule has 0 aliphatic carbocycles. The molecular formula is C8H13N3. The Bertz CT molecular complexity index is 233. The van der Waals surface area contributed by atoms with Gasteiger partial charge in [-0.2, -0.15) is 0 Å². The van der Waals surface area contributed by atoms with Crippen molar-refractivity contribution < 1.29 is 0 Å². The Kier molecular flexibility index (Phi) is 2.41. The summed E-state index contributed by atoms with van der Waals surface area (Å²) in [6.45, 7) is 4.23. The van der Waals surface area contributed by atoms with E-state index in [9.17, 15) is 0 Å². The highest BCUT2D eigenvalue weighted by Gasteiger charge is 2.00. The van der Waals surface area contributed by atoms with Crippen LogP contribution in [0.15, 0.2) is 12.4 Å². The molecule has 1 aromatic heterocycles. The summed E-state index contributed by atoms with van der Waals surface area (Å²) >= 11 is 0.